The van der Waals surface area contributed by atoms with Crippen molar-refractivity contribution in [2.45, 2.75) is 5.75 Å². The average molecular weight is 247 g/mol. The molecule has 0 atom stereocenters. The maximum Gasteiger partial charge on any atom is 0.0406 e. The maximum atomic E-state index is 5.63. The predicted octanol–water partition coefficient (Wildman–Crippen LogP) is 2.38. The van der Waals surface area contributed by atoms with Gasteiger partial charge in [0.1, 0.15) is 0 Å². The van der Waals surface area contributed by atoms with Crippen molar-refractivity contribution in [3.8, 4) is 0 Å². The van der Waals surface area contributed by atoms with Crippen LogP contribution in [0.2, 0.25) is 5.02 Å². The molecule has 0 unspecified atom stereocenters. The van der Waals surface area contributed by atoms with E-state index >= 15 is 0 Å². The Morgan fingerprint density at radius 2 is 1.70 bits per heavy atom. The molecule has 0 aromatic heterocycles. The Labute approximate surface area is 96.6 Å². The van der Waals surface area contributed by atoms with Gasteiger partial charge in [-0.3, -0.25) is 0 Å². The van der Waals surface area contributed by atoms with Crippen molar-refractivity contribution in [2.75, 3.05) is 0 Å². The number of hydrogen-bond donors (Lipinski definition) is 0. The first-order valence-corrected chi connectivity index (χ1v) is 3.61. The van der Waals surface area contributed by atoms with Gasteiger partial charge in [0.05, 0.1) is 0 Å². The zero-order valence-corrected chi connectivity index (χ0v) is 9.79. The fourth-order valence-electron chi connectivity index (χ4n) is 0.581. The van der Waals surface area contributed by atoms with E-state index in [1.807, 2.05) is 24.3 Å². The molecule has 1 aromatic carbocycles. The van der Waals surface area contributed by atoms with Crippen molar-refractivity contribution in [2.24, 2.45) is 0 Å². The van der Waals surface area contributed by atoms with Gasteiger partial charge in [0, 0.05) is 37.7 Å². The molecule has 3 heteroatoms. The maximum absolute atomic E-state index is 5.63. The van der Waals surface area contributed by atoms with Gasteiger partial charge in [-0.25, -0.2) is 0 Å². The van der Waals surface area contributed by atoms with Crippen molar-refractivity contribution < 1.29 is 32.7 Å². The molecule has 0 spiro atoms. The van der Waals surface area contributed by atoms with Crippen LogP contribution >= 0.6 is 11.6 Å². The minimum absolute atomic E-state index is 0. The van der Waals surface area contributed by atoms with Gasteiger partial charge in [-0.05, 0) is 12.1 Å². The standard InChI is InChI=1S/C7H7ClS.Y/c8-7-3-1-6(5-9)2-4-7;/h1-4,9H,5H2;/p-1. The van der Waals surface area contributed by atoms with Crippen LogP contribution in [0, 0.1) is 0 Å². The smallest absolute Gasteiger partial charge is 0.0406 e. The summed E-state index contributed by atoms with van der Waals surface area (Å²) in [5.74, 6) is 0.664. The van der Waals surface area contributed by atoms with Crippen LogP contribution in [-0.2, 0) is 51.1 Å². The van der Waals surface area contributed by atoms with Crippen molar-refractivity contribution in [1.82, 2.24) is 0 Å². The molecular weight excluding hydrogens is 241 g/mol. The first-order chi connectivity index (χ1) is 4.33. The van der Waals surface area contributed by atoms with Crippen LogP contribution in [0.3, 0.4) is 0 Å². The third-order valence-electron chi connectivity index (χ3n) is 1.08. The topological polar surface area (TPSA) is 0 Å². The number of rotatable bonds is 1. The molecule has 0 bridgehead atoms. The molecule has 0 N–H and O–H groups in total. The molecule has 0 nitrogen and oxygen atoms in total. The van der Waals surface area contributed by atoms with Gasteiger partial charge in [0.2, 0.25) is 0 Å². The third kappa shape index (κ3) is 3.38. The summed E-state index contributed by atoms with van der Waals surface area (Å²) in [6.45, 7) is 0. The molecule has 1 radical (unpaired) electrons. The largest absolute Gasteiger partial charge is 0.788 e. The van der Waals surface area contributed by atoms with Crippen LogP contribution in [-0.4, -0.2) is 0 Å². The Bertz CT molecular complexity index is 185. The number of halogens is 1. The molecule has 0 saturated carbocycles. The summed E-state index contributed by atoms with van der Waals surface area (Å²) in [5.41, 5.74) is 1.15. The fraction of sp³-hybridized carbons (Fsp3) is 0.143. The van der Waals surface area contributed by atoms with E-state index in [1.165, 1.54) is 0 Å². The zero-order valence-electron chi connectivity index (χ0n) is 5.38. The van der Waals surface area contributed by atoms with E-state index in [1.54, 1.807) is 0 Å². The van der Waals surface area contributed by atoms with Gasteiger partial charge in [-0.1, -0.05) is 29.3 Å². The van der Waals surface area contributed by atoms with E-state index in [-0.39, 0.29) is 32.7 Å². The summed E-state index contributed by atoms with van der Waals surface area (Å²) in [4.78, 5) is 0. The monoisotopic (exact) mass is 246 g/mol. The number of benzene rings is 1. The van der Waals surface area contributed by atoms with E-state index < -0.39 is 0 Å². The van der Waals surface area contributed by atoms with Crippen LogP contribution in [0.5, 0.6) is 0 Å². The van der Waals surface area contributed by atoms with Gasteiger partial charge >= 0.3 is 0 Å². The van der Waals surface area contributed by atoms with Crippen LogP contribution < -0.4 is 0 Å². The molecule has 0 fully saturated rings. The molecular formula is C7H6ClSY-. The van der Waals surface area contributed by atoms with Crippen LogP contribution in [0.15, 0.2) is 24.3 Å². The van der Waals surface area contributed by atoms with Crippen LogP contribution in [0.4, 0.5) is 0 Å². The first-order valence-electron chi connectivity index (χ1n) is 2.65. The van der Waals surface area contributed by atoms with Crippen LogP contribution in [0.25, 0.3) is 0 Å². The average Bonchev–Trinajstić information content (AvgIpc) is 1.90. The van der Waals surface area contributed by atoms with E-state index in [0.29, 0.717) is 5.75 Å². The zero-order chi connectivity index (χ0) is 6.69. The van der Waals surface area contributed by atoms with Gasteiger partial charge in [0.25, 0.3) is 0 Å². The Morgan fingerprint density at radius 3 is 2.10 bits per heavy atom. The minimum atomic E-state index is 0. The van der Waals surface area contributed by atoms with Gasteiger partial charge in [0.15, 0.2) is 0 Å². The molecule has 0 aliphatic rings. The molecule has 1 rings (SSSR count). The second-order valence-corrected chi connectivity index (χ2v) is 2.50. The van der Waals surface area contributed by atoms with Crippen molar-refractivity contribution in [3.63, 3.8) is 0 Å². The summed E-state index contributed by atoms with van der Waals surface area (Å²) >= 11 is 10.5. The van der Waals surface area contributed by atoms with E-state index in [4.69, 9.17) is 24.2 Å². The predicted molar refractivity (Wildman–Crippen MR) is 42.5 cm³/mol. The van der Waals surface area contributed by atoms with Gasteiger partial charge < -0.3 is 12.6 Å². The molecule has 51 valence electrons. The normalized spacial score (nSPS) is 8.60. The molecule has 10 heavy (non-hydrogen) atoms. The van der Waals surface area contributed by atoms with E-state index in [0.717, 1.165) is 10.6 Å². The van der Waals surface area contributed by atoms with Crippen LogP contribution in [0.1, 0.15) is 5.56 Å². The minimum Gasteiger partial charge on any atom is -0.788 e. The third-order valence-corrected chi connectivity index (χ3v) is 1.67. The second kappa shape index (κ2) is 5.59. The quantitative estimate of drug-likeness (QED) is 0.686. The number of hydrogen-bond acceptors (Lipinski definition) is 1. The summed E-state index contributed by atoms with van der Waals surface area (Å²) in [7, 11) is 0. The molecule has 0 heterocycles. The molecule has 0 aliphatic carbocycles. The molecule has 1 aromatic rings. The summed E-state index contributed by atoms with van der Waals surface area (Å²) in [6.07, 6.45) is 0. The van der Waals surface area contributed by atoms with Crippen molar-refractivity contribution in [1.29, 1.82) is 0 Å². The second-order valence-electron chi connectivity index (χ2n) is 1.77. The Hall–Kier alpha value is 0.964. The first kappa shape index (κ1) is 11.0. The molecule has 0 amide bonds. The Morgan fingerprint density at radius 1 is 1.20 bits per heavy atom. The molecule has 0 aliphatic heterocycles. The fourth-order valence-corrected chi connectivity index (χ4v) is 0.899. The SMILES string of the molecule is [S-]Cc1ccc(Cl)cc1.[Y]. The van der Waals surface area contributed by atoms with Gasteiger partial charge in [-0.15, -0.1) is 0 Å². The Balaban J connectivity index is 0.000000810. The summed E-state index contributed by atoms with van der Waals surface area (Å²) in [6, 6.07) is 7.58. The van der Waals surface area contributed by atoms with E-state index in [2.05, 4.69) is 0 Å². The summed E-state index contributed by atoms with van der Waals surface area (Å²) in [5, 5.41) is 0.766. The van der Waals surface area contributed by atoms with Crippen molar-refractivity contribution in [3.05, 3.63) is 34.9 Å². The summed E-state index contributed by atoms with van der Waals surface area (Å²) < 4.78 is 0. The van der Waals surface area contributed by atoms with Gasteiger partial charge in [-0.2, -0.15) is 5.75 Å². The molecule has 0 saturated heterocycles. The van der Waals surface area contributed by atoms with E-state index in [9.17, 15) is 0 Å². The van der Waals surface area contributed by atoms with Crippen molar-refractivity contribution >= 4 is 24.2 Å². The Kier molecular flexibility index (Phi) is 6.13.